The Kier molecular flexibility index (Phi) is 4.12. The summed E-state index contributed by atoms with van der Waals surface area (Å²) in [6, 6.07) is 3.73. The van der Waals surface area contributed by atoms with Crippen LogP contribution >= 0.6 is 0 Å². The maximum absolute atomic E-state index is 12.1. The van der Waals surface area contributed by atoms with E-state index < -0.39 is 0 Å². The second-order valence-corrected chi connectivity index (χ2v) is 5.06. The Labute approximate surface area is 118 Å². The lowest BCUT2D eigenvalue weighted by Crippen LogP contribution is -2.31. The largest absolute Gasteiger partial charge is 0.469 e. The van der Waals surface area contributed by atoms with E-state index in [1.165, 1.54) is 0 Å². The van der Waals surface area contributed by atoms with E-state index in [1.54, 1.807) is 29.0 Å². The van der Waals surface area contributed by atoms with Gasteiger partial charge in [-0.2, -0.15) is 5.10 Å². The number of aromatic nitrogens is 2. The van der Waals surface area contributed by atoms with Crippen LogP contribution in [0.15, 0.2) is 29.0 Å². The molecule has 0 saturated carbocycles. The molecule has 0 aliphatic rings. The molecule has 108 valence electrons. The van der Waals surface area contributed by atoms with Gasteiger partial charge in [-0.1, -0.05) is 0 Å². The van der Waals surface area contributed by atoms with Crippen molar-refractivity contribution in [1.29, 1.82) is 0 Å². The summed E-state index contributed by atoms with van der Waals surface area (Å²) in [5, 5.41) is 7.06. The van der Waals surface area contributed by atoms with Crippen molar-refractivity contribution in [3.05, 3.63) is 35.9 Å². The van der Waals surface area contributed by atoms with Crippen molar-refractivity contribution in [3.63, 3.8) is 0 Å². The minimum atomic E-state index is -0.195. The number of nitrogens with zero attached hydrogens (tertiary/aromatic N) is 3. The molecule has 2 rings (SSSR count). The topological polar surface area (TPSA) is 63.3 Å². The molecule has 0 aliphatic heterocycles. The summed E-state index contributed by atoms with van der Waals surface area (Å²) >= 11 is 0. The van der Waals surface area contributed by atoms with Gasteiger partial charge in [0.1, 0.15) is 5.76 Å². The molecular formula is C14H20N4O2. The summed E-state index contributed by atoms with van der Waals surface area (Å²) in [7, 11) is 1.74. The van der Waals surface area contributed by atoms with Crippen LogP contribution in [0.3, 0.4) is 0 Å². The Balaban J connectivity index is 1.95. The number of rotatable bonds is 4. The third kappa shape index (κ3) is 3.20. The molecule has 0 aliphatic carbocycles. The number of carbonyl (C=O) groups excluding carboxylic acids is 1. The van der Waals surface area contributed by atoms with Gasteiger partial charge in [0.05, 0.1) is 12.8 Å². The first-order valence-corrected chi connectivity index (χ1v) is 6.57. The van der Waals surface area contributed by atoms with E-state index >= 15 is 0 Å². The number of hydrogen-bond acceptors (Lipinski definition) is 3. The molecule has 0 spiro atoms. The van der Waals surface area contributed by atoms with E-state index in [4.69, 9.17) is 4.42 Å². The van der Waals surface area contributed by atoms with E-state index in [0.717, 1.165) is 11.3 Å². The summed E-state index contributed by atoms with van der Waals surface area (Å²) in [6.07, 6.45) is 3.47. The minimum absolute atomic E-state index is 0.195. The van der Waals surface area contributed by atoms with Crippen molar-refractivity contribution in [2.45, 2.75) is 33.4 Å². The molecule has 6 nitrogen and oxygen atoms in total. The molecule has 0 fully saturated rings. The van der Waals surface area contributed by atoms with Crippen LogP contribution in [-0.2, 0) is 6.54 Å². The average Bonchev–Trinajstić information content (AvgIpc) is 2.99. The Morgan fingerprint density at radius 2 is 2.25 bits per heavy atom. The quantitative estimate of drug-likeness (QED) is 0.933. The highest BCUT2D eigenvalue weighted by Gasteiger charge is 2.13. The van der Waals surface area contributed by atoms with Gasteiger partial charge in [-0.25, -0.2) is 4.79 Å². The smallest absolute Gasteiger partial charge is 0.323 e. The number of carbonyl (C=O) groups is 1. The molecule has 2 amide bonds. The van der Waals surface area contributed by atoms with Crippen LogP contribution in [0.4, 0.5) is 10.6 Å². The Bertz CT molecular complexity index is 586. The highest BCUT2D eigenvalue weighted by atomic mass is 16.3. The SMILES string of the molecule is Cc1occc1CN(C)C(=O)Nc1ccn(C(C)C)n1. The first kappa shape index (κ1) is 14.2. The fraction of sp³-hybridized carbons (Fsp3) is 0.429. The van der Waals surface area contributed by atoms with Crippen molar-refractivity contribution in [1.82, 2.24) is 14.7 Å². The van der Waals surface area contributed by atoms with E-state index in [1.807, 2.05) is 33.0 Å². The molecule has 2 aromatic rings. The molecule has 0 radical (unpaired) electrons. The minimum Gasteiger partial charge on any atom is -0.469 e. The molecule has 0 bridgehead atoms. The first-order valence-electron chi connectivity index (χ1n) is 6.57. The highest BCUT2D eigenvalue weighted by molar-refractivity contribution is 5.87. The van der Waals surface area contributed by atoms with E-state index in [2.05, 4.69) is 10.4 Å². The average molecular weight is 276 g/mol. The van der Waals surface area contributed by atoms with Gasteiger partial charge in [-0.15, -0.1) is 0 Å². The van der Waals surface area contributed by atoms with Crippen LogP contribution in [0, 0.1) is 6.92 Å². The van der Waals surface area contributed by atoms with E-state index in [-0.39, 0.29) is 12.1 Å². The van der Waals surface area contributed by atoms with Crippen LogP contribution < -0.4 is 5.32 Å². The number of furan rings is 1. The van der Waals surface area contributed by atoms with Crippen molar-refractivity contribution in [2.24, 2.45) is 0 Å². The predicted molar refractivity (Wildman–Crippen MR) is 76.5 cm³/mol. The Morgan fingerprint density at radius 3 is 2.80 bits per heavy atom. The lowest BCUT2D eigenvalue weighted by atomic mass is 10.2. The van der Waals surface area contributed by atoms with Crippen LogP contribution in [0.1, 0.15) is 31.2 Å². The zero-order valence-electron chi connectivity index (χ0n) is 12.3. The Morgan fingerprint density at radius 1 is 1.50 bits per heavy atom. The van der Waals surface area contributed by atoms with Crippen LogP contribution in [0.2, 0.25) is 0 Å². The summed E-state index contributed by atoms with van der Waals surface area (Å²) < 4.78 is 7.02. The van der Waals surface area contributed by atoms with Crippen molar-refractivity contribution >= 4 is 11.8 Å². The van der Waals surface area contributed by atoms with Gasteiger partial charge in [0.2, 0.25) is 0 Å². The number of anilines is 1. The molecule has 0 aromatic carbocycles. The van der Waals surface area contributed by atoms with Crippen molar-refractivity contribution < 1.29 is 9.21 Å². The molecular weight excluding hydrogens is 256 g/mol. The lowest BCUT2D eigenvalue weighted by molar-refractivity contribution is 0.220. The Hall–Kier alpha value is -2.24. The van der Waals surface area contributed by atoms with E-state index in [9.17, 15) is 4.79 Å². The van der Waals surface area contributed by atoms with Gasteiger partial charge in [-0.3, -0.25) is 10.00 Å². The zero-order chi connectivity index (χ0) is 14.7. The summed E-state index contributed by atoms with van der Waals surface area (Å²) in [4.78, 5) is 13.7. The van der Waals surface area contributed by atoms with Crippen molar-refractivity contribution in [3.8, 4) is 0 Å². The molecule has 0 atom stereocenters. The zero-order valence-corrected chi connectivity index (χ0v) is 12.3. The number of urea groups is 1. The first-order chi connectivity index (χ1) is 9.47. The third-order valence-corrected chi connectivity index (χ3v) is 3.09. The maximum Gasteiger partial charge on any atom is 0.323 e. The number of aryl methyl sites for hydroxylation is 1. The highest BCUT2D eigenvalue weighted by Crippen LogP contribution is 2.13. The molecule has 2 heterocycles. The van der Waals surface area contributed by atoms with Gasteiger partial charge in [0, 0.05) is 30.9 Å². The van der Waals surface area contributed by atoms with Crippen LogP contribution in [0.25, 0.3) is 0 Å². The standard InChI is InChI=1S/C14H20N4O2/c1-10(2)18-7-5-13(16-18)15-14(19)17(4)9-12-6-8-20-11(12)3/h5-8,10H,9H2,1-4H3,(H,15,16,19). The van der Waals surface area contributed by atoms with Crippen molar-refractivity contribution in [2.75, 3.05) is 12.4 Å². The van der Waals surface area contributed by atoms with Gasteiger partial charge in [-0.05, 0) is 26.8 Å². The molecule has 2 aromatic heterocycles. The fourth-order valence-corrected chi connectivity index (χ4v) is 1.80. The fourth-order valence-electron chi connectivity index (χ4n) is 1.80. The molecule has 20 heavy (non-hydrogen) atoms. The molecule has 0 saturated heterocycles. The molecule has 0 unspecified atom stereocenters. The monoisotopic (exact) mass is 276 g/mol. The number of amides is 2. The maximum atomic E-state index is 12.1. The second kappa shape index (κ2) is 5.81. The predicted octanol–water partition coefficient (Wildman–Crippen LogP) is 3.03. The molecule has 1 N–H and O–H groups in total. The summed E-state index contributed by atoms with van der Waals surface area (Å²) in [5.41, 5.74) is 0.996. The van der Waals surface area contributed by atoms with Gasteiger partial charge in [0.25, 0.3) is 0 Å². The summed E-state index contributed by atoms with van der Waals surface area (Å²) in [6.45, 7) is 6.45. The van der Waals surface area contributed by atoms with Crippen LogP contribution in [-0.4, -0.2) is 27.8 Å². The van der Waals surface area contributed by atoms with E-state index in [0.29, 0.717) is 12.4 Å². The number of nitrogens with one attached hydrogen (secondary N) is 1. The van der Waals surface area contributed by atoms with Crippen LogP contribution in [0.5, 0.6) is 0 Å². The van der Waals surface area contributed by atoms with Gasteiger partial charge >= 0.3 is 6.03 Å². The van der Waals surface area contributed by atoms with Gasteiger partial charge in [0.15, 0.2) is 5.82 Å². The molecule has 6 heteroatoms. The number of hydrogen-bond donors (Lipinski definition) is 1. The summed E-state index contributed by atoms with van der Waals surface area (Å²) in [5.74, 6) is 1.38. The second-order valence-electron chi connectivity index (χ2n) is 5.06. The third-order valence-electron chi connectivity index (χ3n) is 3.09. The lowest BCUT2D eigenvalue weighted by Gasteiger charge is -2.16. The normalized spacial score (nSPS) is 10.8. The van der Waals surface area contributed by atoms with Gasteiger partial charge < -0.3 is 9.32 Å².